The predicted octanol–water partition coefficient (Wildman–Crippen LogP) is 3.64. The zero-order valence-corrected chi connectivity index (χ0v) is 12.9. The minimum atomic E-state index is 0.0147. The molecule has 0 bridgehead atoms. The monoisotopic (exact) mass is 292 g/mol. The predicted molar refractivity (Wildman–Crippen MR) is 88.8 cm³/mol. The van der Waals surface area contributed by atoms with Crippen molar-refractivity contribution in [1.82, 2.24) is 5.43 Å². The van der Waals surface area contributed by atoms with Crippen molar-refractivity contribution in [2.45, 2.75) is 26.2 Å². The SMILES string of the molecule is C/C(=N/NC(=O)[C@H]1C[C@H]1c1ccccc1)c1cccc(C)c1. The zero-order valence-electron chi connectivity index (χ0n) is 12.9. The van der Waals surface area contributed by atoms with Gasteiger partial charge in [0.15, 0.2) is 0 Å². The Morgan fingerprint density at radius 2 is 1.91 bits per heavy atom. The Kier molecular flexibility index (Phi) is 4.05. The molecule has 2 aromatic rings. The third-order valence-electron chi connectivity index (χ3n) is 4.12. The van der Waals surface area contributed by atoms with Gasteiger partial charge in [-0.15, -0.1) is 0 Å². The molecule has 2 aromatic carbocycles. The van der Waals surface area contributed by atoms with Crippen molar-refractivity contribution in [2.24, 2.45) is 11.0 Å². The molecule has 112 valence electrons. The van der Waals surface area contributed by atoms with Crippen LogP contribution in [-0.4, -0.2) is 11.6 Å². The van der Waals surface area contributed by atoms with Crippen LogP contribution in [0.1, 0.15) is 36.0 Å². The van der Waals surface area contributed by atoms with Gasteiger partial charge in [0.2, 0.25) is 5.91 Å². The zero-order chi connectivity index (χ0) is 15.5. The fraction of sp³-hybridized carbons (Fsp3) is 0.263. The van der Waals surface area contributed by atoms with E-state index in [1.165, 1.54) is 11.1 Å². The van der Waals surface area contributed by atoms with Gasteiger partial charge in [-0.3, -0.25) is 4.79 Å². The van der Waals surface area contributed by atoms with Crippen molar-refractivity contribution in [3.63, 3.8) is 0 Å². The lowest BCUT2D eigenvalue weighted by atomic mass is 10.1. The van der Waals surface area contributed by atoms with Gasteiger partial charge in [-0.25, -0.2) is 5.43 Å². The van der Waals surface area contributed by atoms with Gasteiger partial charge in [0.05, 0.1) is 5.71 Å². The average Bonchev–Trinajstić information content (AvgIpc) is 3.34. The standard InChI is InChI=1S/C19H20N2O/c1-13-7-6-10-16(11-13)14(2)20-21-19(22)18-12-17(18)15-8-4-3-5-9-15/h3-11,17-18H,12H2,1-2H3,(H,21,22)/b20-14-/t17-,18-/m0/s1. The summed E-state index contributed by atoms with van der Waals surface area (Å²) in [6.45, 7) is 3.96. The molecular weight excluding hydrogens is 272 g/mol. The number of nitrogens with one attached hydrogen (secondary N) is 1. The Morgan fingerprint density at radius 1 is 1.14 bits per heavy atom. The van der Waals surface area contributed by atoms with Gasteiger partial charge in [-0.2, -0.15) is 5.10 Å². The van der Waals surface area contributed by atoms with Crippen LogP contribution < -0.4 is 5.43 Å². The summed E-state index contributed by atoms with van der Waals surface area (Å²) < 4.78 is 0. The van der Waals surface area contributed by atoms with Crippen LogP contribution in [0.15, 0.2) is 59.7 Å². The van der Waals surface area contributed by atoms with E-state index < -0.39 is 0 Å². The second kappa shape index (κ2) is 6.14. The van der Waals surface area contributed by atoms with E-state index in [1.807, 2.05) is 50.2 Å². The first-order valence-corrected chi connectivity index (χ1v) is 7.61. The molecule has 22 heavy (non-hydrogen) atoms. The summed E-state index contributed by atoms with van der Waals surface area (Å²) >= 11 is 0. The molecule has 1 N–H and O–H groups in total. The highest BCUT2D eigenvalue weighted by atomic mass is 16.2. The normalized spacial score (nSPS) is 20.5. The molecule has 0 spiro atoms. The molecule has 1 aliphatic carbocycles. The van der Waals surface area contributed by atoms with E-state index in [0.717, 1.165) is 17.7 Å². The fourth-order valence-corrected chi connectivity index (χ4v) is 2.71. The summed E-state index contributed by atoms with van der Waals surface area (Å²) in [5.74, 6) is 0.410. The quantitative estimate of drug-likeness (QED) is 0.678. The molecule has 1 fully saturated rings. The highest BCUT2D eigenvalue weighted by Crippen LogP contribution is 2.47. The van der Waals surface area contributed by atoms with Gasteiger partial charge in [0.1, 0.15) is 0 Å². The van der Waals surface area contributed by atoms with Crippen LogP contribution in [0.25, 0.3) is 0 Å². The van der Waals surface area contributed by atoms with Gasteiger partial charge >= 0.3 is 0 Å². The molecule has 3 rings (SSSR count). The minimum absolute atomic E-state index is 0.0147. The van der Waals surface area contributed by atoms with Crippen molar-refractivity contribution in [1.29, 1.82) is 0 Å². The Balaban J connectivity index is 1.60. The molecule has 0 aromatic heterocycles. The van der Waals surface area contributed by atoms with Gasteiger partial charge in [-0.1, -0.05) is 60.2 Å². The summed E-state index contributed by atoms with van der Waals surface area (Å²) in [6.07, 6.45) is 0.912. The molecule has 0 heterocycles. The largest absolute Gasteiger partial charge is 0.273 e. The first-order valence-electron chi connectivity index (χ1n) is 7.61. The van der Waals surface area contributed by atoms with Crippen molar-refractivity contribution in [3.8, 4) is 0 Å². The van der Waals surface area contributed by atoms with E-state index in [2.05, 4.69) is 28.7 Å². The van der Waals surface area contributed by atoms with E-state index in [4.69, 9.17) is 0 Å². The summed E-state index contributed by atoms with van der Waals surface area (Å²) in [7, 11) is 0. The van der Waals surface area contributed by atoms with Gasteiger partial charge in [-0.05, 0) is 37.3 Å². The smallest absolute Gasteiger partial charge is 0.243 e. The number of amides is 1. The van der Waals surface area contributed by atoms with E-state index in [0.29, 0.717) is 5.92 Å². The topological polar surface area (TPSA) is 41.5 Å². The van der Waals surface area contributed by atoms with Gasteiger partial charge in [0, 0.05) is 5.92 Å². The second-order valence-corrected chi connectivity index (χ2v) is 5.90. The van der Waals surface area contributed by atoms with Crippen LogP contribution in [0.3, 0.4) is 0 Å². The maximum Gasteiger partial charge on any atom is 0.243 e. The van der Waals surface area contributed by atoms with Crippen molar-refractivity contribution < 1.29 is 4.79 Å². The van der Waals surface area contributed by atoms with Gasteiger partial charge in [0.25, 0.3) is 0 Å². The molecule has 1 aliphatic rings. The van der Waals surface area contributed by atoms with E-state index in [-0.39, 0.29) is 11.8 Å². The first kappa shape index (κ1) is 14.5. The molecule has 3 nitrogen and oxygen atoms in total. The van der Waals surface area contributed by atoms with Crippen LogP contribution in [0.4, 0.5) is 0 Å². The molecule has 0 unspecified atom stereocenters. The average molecular weight is 292 g/mol. The second-order valence-electron chi connectivity index (χ2n) is 5.90. The number of hydrogen-bond donors (Lipinski definition) is 1. The van der Waals surface area contributed by atoms with Crippen LogP contribution >= 0.6 is 0 Å². The number of benzene rings is 2. The summed E-state index contributed by atoms with van der Waals surface area (Å²) in [6, 6.07) is 18.3. The number of carbonyl (C=O) groups is 1. The third kappa shape index (κ3) is 3.25. The highest BCUT2D eigenvalue weighted by Gasteiger charge is 2.43. The van der Waals surface area contributed by atoms with Crippen LogP contribution in [-0.2, 0) is 4.79 Å². The third-order valence-corrected chi connectivity index (χ3v) is 4.12. The summed E-state index contributed by atoms with van der Waals surface area (Å²) in [4.78, 5) is 12.2. The van der Waals surface area contributed by atoms with Crippen LogP contribution in [0.5, 0.6) is 0 Å². The number of aryl methyl sites for hydroxylation is 1. The van der Waals surface area contributed by atoms with E-state index in [1.54, 1.807) is 0 Å². The van der Waals surface area contributed by atoms with E-state index in [9.17, 15) is 4.79 Å². The van der Waals surface area contributed by atoms with Crippen molar-refractivity contribution >= 4 is 11.6 Å². The number of nitrogens with zero attached hydrogens (tertiary/aromatic N) is 1. The molecule has 2 atom stereocenters. The maximum absolute atomic E-state index is 12.2. The van der Waals surface area contributed by atoms with E-state index >= 15 is 0 Å². The van der Waals surface area contributed by atoms with Gasteiger partial charge < -0.3 is 0 Å². The fourth-order valence-electron chi connectivity index (χ4n) is 2.71. The van der Waals surface area contributed by atoms with Crippen LogP contribution in [0, 0.1) is 12.8 Å². The lowest BCUT2D eigenvalue weighted by Gasteiger charge is -2.04. The number of hydrogen-bond acceptors (Lipinski definition) is 2. The Labute approximate surface area is 131 Å². The molecule has 1 saturated carbocycles. The van der Waals surface area contributed by atoms with Crippen molar-refractivity contribution in [2.75, 3.05) is 0 Å². The maximum atomic E-state index is 12.2. The molecule has 3 heteroatoms. The van der Waals surface area contributed by atoms with Crippen LogP contribution in [0.2, 0.25) is 0 Å². The molecular formula is C19H20N2O. The lowest BCUT2D eigenvalue weighted by Crippen LogP contribution is -2.21. The number of hydrazone groups is 1. The van der Waals surface area contributed by atoms with Crippen molar-refractivity contribution in [3.05, 3.63) is 71.3 Å². The molecule has 1 amide bonds. The number of carbonyl (C=O) groups excluding carboxylic acids is 1. The Hall–Kier alpha value is -2.42. The lowest BCUT2D eigenvalue weighted by molar-refractivity contribution is -0.122. The number of rotatable bonds is 4. The molecule has 0 radical (unpaired) electrons. The Bertz CT molecular complexity index is 706. The first-order chi connectivity index (χ1) is 10.6. The summed E-state index contributed by atoms with van der Waals surface area (Å²) in [5.41, 5.74) is 7.00. The minimum Gasteiger partial charge on any atom is -0.273 e. The summed E-state index contributed by atoms with van der Waals surface area (Å²) in [5, 5.41) is 4.24. The molecule has 0 aliphatic heterocycles. The Morgan fingerprint density at radius 3 is 2.64 bits per heavy atom. The highest BCUT2D eigenvalue weighted by molar-refractivity contribution is 5.99. The molecule has 0 saturated heterocycles.